The lowest BCUT2D eigenvalue weighted by atomic mass is 10.5. The number of nitrogens with zero attached hydrogens (tertiary/aromatic N) is 1. The molecule has 0 bridgehead atoms. The Morgan fingerprint density at radius 2 is 2.30 bits per heavy atom. The third-order valence-corrected chi connectivity index (χ3v) is 2.78. The van der Waals surface area contributed by atoms with E-state index in [0.717, 1.165) is 0 Å². The van der Waals surface area contributed by atoms with Crippen molar-refractivity contribution in [1.82, 2.24) is 4.98 Å². The van der Waals surface area contributed by atoms with Crippen molar-refractivity contribution >= 4 is 50.1 Å². The summed E-state index contributed by atoms with van der Waals surface area (Å²) in [5.74, 6) is 0.136. The van der Waals surface area contributed by atoms with Crippen molar-refractivity contribution in [3.8, 4) is 5.75 Å². The van der Waals surface area contributed by atoms with Gasteiger partial charge in [-0.1, -0.05) is 11.6 Å². The van der Waals surface area contributed by atoms with Crippen LogP contribution in [0.15, 0.2) is 10.5 Å². The number of aromatic nitrogens is 1. The van der Waals surface area contributed by atoms with Crippen molar-refractivity contribution in [2.45, 2.75) is 0 Å². The highest BCUT2D eigenvalue weighted by atomic mass is 127. The molecule has 0 aliphatic rings. The summed E-state index contributed by atoms with van der Waals surface area (Å²) in [6, 6.07) is 1.51. The average molecular weight is 334 g/mol. The van der Waals surface area contributed by atoms with Crippen LogP contribution in [0.1, 0.15) is 0 Å². The molecule has 0 aliphatic carbocycles. The van der Waals surface area contributed by atoms with E-state index in [9.17, 15) is 0 Å². The van der Waals surface area contributed by atoms with E-state index >= 15 is 0 Å². The van der Waals surface area contributed by atoms with Gasteiger partial charge in [-0.15, -0.1) is 0 Å². The molecule has 10 heavy (non-hydrogen) atoms. The molecule has 1 rings (SSSR count). The molecule has 1 heterocycles. The summed E-state index contributed by atoms with van der Waals surface area (Å²) in [7, 11) is 0. The Morgan fingerprint density at radius 3 is 2.80 bits per heavy atom. The lowest BCUT2D eigenvalue weighted by molar-refractivity contribution is 0.467. The van der Waals surface area contributed by atoms with Crippen LogP contribution in [0.5, 0.6) is 5.75 Å². The Balaban J connectivity index is 3.28. The number of hydrogen-bond acceptors (Lipinski definition) is 2. The third kappa shape index (κ3) is 1.73. The zero-order valence-corrected chi connectivity index (χ0v) is 9.11. The molecule has 0 amide bonds. The Kier molecular flexibility index (Phi) is 2.76. The highest BCUT2D eigenvalue weighted by Crippen LogP contribution is 2.27. The maximum atomic E-state index is 9.07. The van der Waals surface area contributed by atoms with Gasteiger partial charge in [-0.25, -0.2) is 4.98 Å². The summed E-state index contributed by atoms with van der Waals surface area (Å²) in [5, 5.41) is 9.43. The average Bonchev–Trinajstić information content (AvgIpc) is 1.84. The summed E-state index contributed by atoms with van der Waals surface area (Å²) in [6.07, 6.45) is 0. The van der Waals surface area contributed by atoms with E-state index in [-0.39, 0.29) is 5.75 Å². The molecule has 1 N–H and O–H groups in total. The molecule has 5 heteroatoms. The van der Waals surface area contributed by atoms with Gasteiger partial charge in [0.1, 0.15) is 14.6 Å². The number of hydrogen-bond donors (Lipinski definition) is 1. The van der Waals surface area contributed by atoms with E-state index in [1.807, 2.05) is 22.6 Å². The maximum Gasteiger partial charge on any atom is 0.148 e. The molecule has 0 atom stereocenters. The van der Waals surface area contributed by atoms with Crippen LogP contribution in [-0.4, -0.2) is 10.1 Å². The van der Waals surface area contributed by atoms with Gasteiger partial charge in [0.25, 0.3) is 0 Å². The van der Waals surface area contributed by atoms with Crippen molar-refractivity contribution in [3.63, 3.8) is 0 Å². The van der Waals surface area contributed by atoms with Crippen molar-refractivity contribution in [2.24, 2.45) is 0 Å². The molecular formula is C5H2BrClINO. The molecular weight excluding hydrogens is 332 g/mol. The van der Waals surface area contributed by atoms with Gasteiger partial charge >= 0.3 is 0 Å². The Morgan fingerprint density at radius 1 is 1.70 bits per heavy atom. The van der Waals surface area contributed by atoms with Crippen molar-refractivity contribution in [1.29, 1.82) is 0 Å². The Bertz CT molecular complexity index is 218. The summed E-state index contributed by atoms with van der Waals surface area (Å²) in [6.45, 7) is 0. The molecule has 0 saturated carbocycles. The lowest BCUT2D eigenvalue weighted by Crippen LogP contribution is -1.82. The van der Waals surface area contributed by atoms with Gasteiger partial charge in [0.15, 0.2) is 0 Å². The van der Waals surface area contributed by atoms with E-state index in [1.54, 1.807) is 0 Å². The monoisotopic (exact) mass is 333 g/mol. The second-order valence-electron chi connectivity index (χ2n) is 1.57. The fourth-order valence-corrected chi connectivity index (χ4v) is 1.42. The molecule has 0 aliphatic heterocycles. The molecule has 1 aromatic rings. The predicted octanol–water partition coefficient (Wildman–Crippen LogP) is 2.81. The molecule has 2 nitrogen and oxygen atoms in total. The van der Waals surface area contributed by atoms with Gasteiger partial charge in [-0.05, 0) is 44.6 Å². The van der Waals surface area contributed by atoms with Gasteiger partial charge in [0.05, 0.1) is 4.47 Å². The number of pyridine rings is 1. The maximum absolute atomic E-state index is 9.07. The summed E-state index contributed by atoms with van der Waals surface area (Å²) in [4.78, 5) is 3.83. The first-order valence-electron chi connectivity index (χ1n) is 2.32. The van der Waals surface area contributed by atoms with E-state index in [4.69, 9.17) is 16.7 Å². The van der Waals surface area contributed by atoms with E-state index in [1.165, 1.54) is 6.07 Å². The fourth-order valence-electron chi connectivity index (χ4n) is 0.436. The number of halogens is 3. The highest BCUT2D eigenvalue weighted by Gasteiger charge is 2.03. The lowest BCUT2D eigenvalue weighted by Gasteiger charge is -1.97. The van der Waals surface area contributed by atoms with Crippen LogP contribution in [0.2, 0.25) is 5.15 Å². The Labute approximate surface area is 84.9 Å². The quantitative estimate of drug-likeness (QED) is 0.585. The SMILES string of the molecule is Oc1cc(Br)c(Cl)nc1I. The first kappa shape index (κ1) is 8.55. The normalized spacial score (nSPS) is 9.90. The standard InChI is InChI=1S/C5H2BrClINO/c6-2-1-3(10)5(8)9-4(2)7/h1,10H. The van der Waals surface area contributed by atoms with Crippen LogP contribution < -0.4 is 0 Å². The first-order valence-corrected chi connectivity index (χ1v) is 4.56. The molecule has 0 unspecified atom stereocenters. The van der Waals surface area contributed by atoms with Crippen molar-refractivity contribution in [2.75, 3.05) is 0 Å². The Hall–Kier alpha value is 0.450. The summed E-state index contributed by atoms with van der Waals surface area (Å²) in [5.41, 5.74) is 0. The fraction of sp³-hybridized carbons (Fsp3) is 0. The number of rotatable bonds is 0. The molecule has 1 aromatic heterocycles. The highest BCUT2D eigenvalue weighted by molar-refractivity contribution is 14.1. The van der Waals surface area contributed by atoms with Gasteiger partial charge in [0, 0.05) is 0 Å². The van der Waals surface area contributed by atoms with Crippen LogP contribution in [0, 0.1) is 3.70 Å². The predicted molar refractivity (Wildman–Crippen MR) is 51.3 cm³/mol. The van der Waals surface area contributed by atoms with Crippen molar-refractivity contribution < 1.29 is 5.11 Å². The molecule has 0 aromatic carbocycles. The minimum Gasteiger partial charge on any atom is -0.505 e. The van der Waals surface area contributed by atoms with Crippen LogP contribution in [0.4, 0.5) is 0 Å². The van der Waals surface area contributed by atoms with E-state index in [0.29, 0.717) is 13.3 Å². The largest absolute Gasteiger partial charge is 0.505 e. The van der Waals surface area contributed by atoms with Gasteiger partial charge in [-0.2, -0.15) is 0 Å². The van der Waals surface area contributed by atoms with Crippen LogP contribution in [0.25, 0.3) is 0 Å². The molecule has 0 saturated heterocycles. The van der Waals surface area contributed by atoms with Gasteiger partial charge in [-0.3, -0.25) is 0 Å². The minimum atomic E-state index is 0.136. The third-order valence-electron chi connectivity index (χ3n) is 0.868. The number of aromatic hydroxyl groups is 1. The molecule has 0 spiro atoms. The molecule has 0 radical (unpaired) electrons. The van der Waals surface area contributed by atoms with Crippen LogP contribution in [0.3, 0.4) is 0 Å². The zero-order chi connectivity index (χ0) is 7.72. The van der Waals surface area contributed by atoms with E-state index in [2.05, 4.69) is 20.9 Å². The summed E-state index contributed by atoms with van der Waals surface area (Å²) >= 11 is 10.6. The van der Waals surface area contributed by atoms with Crippen molar-refractivity contribution in [3.05, 3.63) is 19.4 Å². The van der Waals surface area contributed by atoms with E-state index < -0.39 is 0 Å². The topological polar surface area (TPSA) is 33.1 Å². The second kappa shape index (κ2) is 3.23. The van der Waals surface area contributed by atoms with Crippen LogP contribution >= 0.6 is 50.1 Å². The first-order chi connectivity index (χ1) is 4.61. The smallest absolute Gasteiger partial charge is 0.148 e. The minimum absolute atomic E-state index is 0.136. The second-order valence-corrected chi connectivity index (χ2v) is 3.81. The molecule has 0 fully saturated rings. The molecule has 54 valence electrons. The van der Waals surface area contributed by atoms with Gasteiger partial charge < -0.3 is 5.11 Å². The zero-order valence-electron chi connectivity index (χ0n) is 4.61. The van der Waals surface area contributed by atoms with Gasteiger partial charge in [0.2, 0.25) is 0 Å². The van der Waals surface area contributed by atoms with Crippen LogP contribution in [-0.2, 0) is 0 Å². The summed E-state index contributed by atoms with van der Waals surface area (Å²) < 4.78 is 1.11.